The SMILES string of the molecule is CC(C)OCC(=O)N(Cc1ccccc1)C(C)C. The van der Waals surface area contributed by atoms with Crippen LogP contribution in [0.2, 0.25) is 0 Å². The van der Waals surface area contributed by atoms with E-state index in [0.717, 1.165) is 5.56 Å². The van der Waals surface area contributed by atoms with E-state index in [9.17, 15) is 4.79 Å². The maximum absolute atomic E-state index is 12.1. The molecule has 0 bridgehead atoms. The first kappa shape index (κ1) is 14.7. The first-order chi connectivity index (χ1) is 8.50. The lowest BCUT2D eigenvalue weighted by molar-refractivity contribution is -0.140. The van der Waals surface area contributed by atoms with Crippen LogP contribution in [-0.4, -0.2) is 29.6 Å². The third-order valence-corrected chi connectivity index (χ3v) is 2.68. The van der Waals surface area contributed by atoms with E-state index in [4.69, 9.17) is 4.74 Å². The number of nitrogens with zero attached hydrogens (tertiary/aromatic N) is 1. The van der Waals surface area contributed by atoms with Crippen molar-refractivity contribution < 1.29 is 9.53 Å². The van der Waals surface area contributed by atoms with Crippen LogP contribution >= 0.6 is 0 Å². The van der Waals surface area contributed by atoms with Crippen molar-refractivity contribution in [2.75, 3.05) is 6.61 Å². The van der Waals surface area contributed by atoms with Crippen LogP contribution in [0.3, 0.4) is 0 Å². The molecule has 0 saturated carbocycles. The Kier molecular flexibility index (Phi) is 5.86. The van der Waals surface area contributed by atoms with Crippen LogP contribution in [0.5, 0.6) is 0 Å². The second kappa shape index (κ2) is 7.17. The molecule has 0 unspecified atom stereocenters. The van der Waals surface area contributed by atoms with Crippen LogP contribution in [0.4, 0.5) is 0 Å². The summed E-state index contributed by atoms with van der Waals surface area (Å²) in [5.41, 5.74) is 1.14. The lowest BCUT2D eigenvalue weighted by Crippen LogP contribution is -2.39. The van der Waals surface area contributed by atoms with E-state index in [1.54, 1.807) is 0 Å². The van der Waals surface area contributed by atoms with Gasteiger partial charge < -0.3 is 9.64 Å². The van der Waals surface area contributed by atoms with Crippen molar-refractivity contribution in [2.45, 2.75) is 46.4 Å². The number of hydrogen-bond acceptors (Lipinski definition) is 2. The van der Waals surface area contributed by atoms with Gasteiger partial charge in [0.1, 0.15) is 6.61 Å². The first-order valence-electron chi connectivity index (χ1n) is 6.45. The Labute approximate surface area is 110 Å². The number of rotatable bonds is 6. The smallest absolute Gasteiger partial charge is 0.249 e. The molecule has 0 saturated heterocycles. The molecule has 3 nitrogen and oxygen atoms in total. The summed E-state index contributed by atoms with van der Waals surface area (Å²) < 4.78 is 5.38. The average molecular weight is 249 g/mol. The van der Waals surface area contributed by atoms with E-state index in [2.05, 4.69) is 0 Å². The summed E-state index contributed by atoms with van der Waals surface area (Å²) in [7, 11) is 0. The van der Waals surface area contributed by atoms with Crippen molar-refractivity contribution in [1.82, 2.24) is 4.90 Å². The third-order valence-electron chi connectivity index (χ3n) is 2.68. The summed E-state index contributed by atoms with van der Waals surface area (Å²) in [6.07, 6.45) is 0.0830. The molecule has 18 heavy (non-hydrogen) atoms. The van der Waals surface area contributed by atoms with Crippen LogP contribution in [0.25, 0.3) is 0 Å². The van der Waals surface area contributed by atoms with Crippen LogP contribution in [-0.2, 0) is 16.1 Å². The summed E-state index contributed by atoms with van der Waals surface area (Å²) in [4.78, 5) is 13.9. The van der Waals surface area contributed by atoms with Crippen LogP contribution in [0.1, 0.15) is 33.3 Å². The molecule has 0 radical (unpaired) electrons. The molecule has 0 heterocycles. The maximum atomic E-state index is 12.1. The van der Waals surface area contributed by atoms with Gasteiger partial charge in [-0.2, -0.15) is 0 Å². The van der Waals surface area contributed by atoms with Crippen molar-refractivity contribution >= 4 is 5.91 Å². The molecule has 0 aliphatic heterocycles. The fraction of sp³-hybridized carbons (Fsp3) is 0.533. The Hall–Kier alpha value is -1.35. The van der Waals surface area contributed by atoms with Gasteiger partial charge in [-0.15, -0.1) is 0 Å². The molecule has 1 aromatic rings. The van der Waals surface area contributed by atoms with Crippen molar-refractivity contribution in [3.63, 3.8) is 0 Å². The van der Waals surface area contributed by atoms with E-state index >= 15 is 0 Å². The van der Waals surface area contributed by atoms with E-state index in [1.165, 1.54) is 0 Å². The molecule has 0 aromatic heterocycles. The Morgan fingerprint density at radius 3 is 2.28 bits per heavy atom. The Bertz CT molecular complexity index is 360. The zero-order valence-corrected chi connectivity index (χ0v) is 11.7. The molecule has 1 aromatic carbocycles. The third kappa shape index (κ3) is 4.88. The second-order valence-electron chi connectivity index (χ2n) is 4.96. The topological polar surface area (TPSA) is 29.5 Å². The zero-order valence-electron chi connectivity index (χ0n) is 11.7. The van der Waals surface area contributed by atoms with E-state index in [-0.39, 0.29) is 24.7 Å². The van der Waals surface area contributed by atoms with Crippen molar-refractivity contribution in [3.05, 3.63) is 35.9 Å². The highest BCUT2D eigenvalue weighted by Gasteiger charge is 2.17. The van der Waals surface area contributed by atoms with E-state index in [0.29, 0.717) is 6.54 Å². The number of carbonyl (C=O) groups excluding carboxylic acids is 1. The number of carbonyl (C=O) groups is 1. The summed E-state index contributed by atoms with van der Waals surface area (Å²) in [5, 5.41) is 0. The van der Waals surface area contributed by atoms with Crippen molar-refractivity contribution in [1.29, 1.82) is 0 Å². The van der Waals surface area contributed by atoms with Gasteiger partial charge in [-0.1, -0.05) is 30.3 Å². The molecule has 0 aliphatic rings. The van der Waals surface area contributed by atoms with Crippen LogP contribution in [0.15, 0.2) is 30.3 Å². The lowest BCUT2D eigenvalue weighted by atomic mass is 10.2. The first-order valence-corrected chi connectivity index (χ1v) is 6.45. The zero-order chi connectivity index (χ0) is 13.5. The highest BCUT2D eigenvalue weighted by Crippen LogP contribution is 2.09. The monoisotopic (exact) mass is 249 g/mol. The van der Waals surface area contributed by atoms with Gasteiger partial charge >= 0.3 is 0 Å². The largest absolute Gasteiger partial charge is 0.369 e. The van der Waals surface area contributed by atoms with E-state index in [1.807, 2.05) is 62.9 Å². The number of hydrogen-bond donors (Lipinski definition) is 0. The standard InChI is InChI=1S/C15H23NO2/c1-12(2)16(15(17)11-18-13(3)4)10-14-8-6-5-7-9-14/h5-9,12-13H,10-11H2,1-4H3. The van der Waals surface area contributed by atoms with Crippen LogP contribution in [0, 0.1) is 0 Å². The lowest BCUT2D eigenvalue weighted by Gasteiger charge is -2.27. The highest BCUT2D eigenvalue weighted by molar-refractivity contribution is 5.77. The minimum atomic E-state index is 0.0440. The fourth-order valence-electron chi connectivity index (χ4n) is 1.66. The number of benzene rings is 1. The minimum absolute atomic E-state index is 0.0440. The predicted molar refractivity (Wildman–Crippen MR) is 73.2 cm³/mol. The van der Waals surface area contributed by atoms with Crippen LogP contribution < -0.4 is 0 Å². The molecule has 1 rings (SSSR count). The molecule has 0 atom stereocenters. The summed E-state index contributed by atoms with van der Waals surface area (Å²) in [6, 6.07) is 10.2. The summed E-state index contributed by atoms with van der Waals surface area (Å²) in [6.45, 7) is 8.71. The van der Waals surface area contributed by atoms with Gasteiger partial charge in [0.2, 0.25) is 5.91 Å². The molecule has 1 amide bonds. The highest BCUT2D eigenvalue weighted by atomic mass is 16.5. The minimum Gasteiger partial charge on any atom is -0.369 e. The van der Waals surface area contributed by atoms with Gasteiger partial charge in [0.05, 0.1) is 6.10 Å². The summed E-state index contributed by atoms with van der Waals surface area (Å²) >= 11 is 0. The van der Waals surface area contributed by atoms with E-state index < -0.39 is 0 Å². The molecule has 100 valence electrons. The maximum Gasteiger partial charge on any atom is 0.249 e. The summed E-state index contributed by atoms with van der Waals surface area (Å²) in [5.74, 6) is 0.0440. The Balaban J connectivity index is 2.62. The van der Waals surface area contributed by atoms with Gasteiger partial charge in [0.25, 0.3) is 0 Å². The molecule has 0 aliphatic carbocycles. The van der Waals surface area contributed by atoms with Crippen molar-refractivity contribution in [2.24, 2.45) is 0 Å². The Morgan fingerprint density at radius 1 is 1.17 bits per heavy atom. The molecule has 3 heteroatoms. The quantitative estimate of drug-likeness (QED) is 0.776. The fourth-order valence-corrected chi connectivity index (χ4v) is 1.66. The van der Waals surface area contributed by atoms with Gasteiger partial charge in [-0.05, 0) is 33.3 Å². The molecule has 0 fully saturated rings. The molecule has 0 spiro atoms. The van der Waals surface area contributed by atoms with Gasteiger partial charge in [-0.3, -0.25) is 4.79 Å². The molecule has 0 N–H and O–H groups in total. The normalized spacial score (nSPS) is 11.0. The average Bonchev–Trinajstić information content (AvgIpc) is 2.34. The van der Waals surface area contributed by atoms with Gasteiger partial charge in [0.15, 0.2) is 0 Å². The molecular formula is C15H23NO2. The van der Waals surface area contributed by atoms with Gasteiger partial charge in [-0.25, -0.2) is 0 Å². The number of ether oxygens (including phenoxy) is 1. The van der Waals surface area contributed by atoms with Crippen molar-refractivity contribution in [3.8, 4) is 0 Å². The second-order valence-corrected chi connectivity index (χ2v) is 4.96. The molecular weight excluding hydrogens is 226 g/mol. The Morgan fingerprint density at radius 2 is 1.78 bits per heavy atom. The van der Waals surface area contributed by atoms with Gasteiger partial charge in [0, 0.05) is 12.6 Å². The predicted octanol–water partition coefficient (Wildman–Crippen LogP) is 2.85. The number of amides is 1.